The molecule has 5 nitrogen and oxygen atoms in total. The lowest BCUT2D eigenvalue weighted by Crippen LogP contribution is -2.09. The molecular formula is C17H19N3O2S2. The number of ether oxygens (including phenoxy) is 2. The standard InChI is InChI=1S/C17H19N3O2S2/c1-9-4-5-10-14(6-9)23-16(18-10)20-17-19-11-7-12(21-2)13(22-3)8-15(11)24-17/h7-9H,4-6H2,1-3H3,(H,18,19,20)/t9-/m1/s1. The Morgan fingerprint density at radius 3 is 2.62 bits per heavy atom. The minimum absolute atomic E-state index is 0.695. The second kappa shape index (κ2) is 6.22. The molecule has 1 atom stereocenters. The molecule has 0 saturated heterocycles. The van der Waals surface area contributed by atoms with Gasteiger partial charge in [-0.15, -0.1) is 11.3 Å². The molecule has 1 aliphatic carbocycles. The van der Waals surface area contributed by atoms with E-state index < -0.39 is 0 Å². The molecule has 1 aromatic carbocycles. The second-order valence-corrected chi connectivity index (χ2v) is 8.17. The predicted octanol–water partition coefficient (Wildman–Crippen LogP) is 4.64. The summed E-state index contributed by atoms with van der Waals surface area (Å²) in [5.74, 6) is 2.17. The summed E-state index contributed by atoms with van der Waals surface area (Å²) in [5.41, 5.74) is 2.15. The molecule has 0 amide bonds. The first kappa shape index (κ1) is 15.7. The first-order valence-electron chi connectivity index (χ1n) is 7.94. The van der Waals surface area contributed by atoms with E-state index in [0.29, 0.717) is 5.75 Å². The van der Waals surface area contributed by atoms with Gasteiger partial charge < -0.3 is 14.8 Å². The summed E-state index contributed by atoms with van der Waals surface area (Å²) < 4.78 is 11.8. The van der Waals surface area contributed by atoms with Crippen molar-refractivity contribution < 1.29 is 9.47 Å². The molecule has 4 rings (SSSR count). The lowest BCUT2D eigenvalue weighted by molar-refractivity contribution is 0.356. The largest absolute Gasteiger partial charge is 0.493 e. The van der Waals surface area contributed by atoms with Crippen molar-refractivity contribution in [3.8, 4) is 11.5 Å². The molecular weight excluding hydrogens is 342 g/mol. The summed E-state index contributed by atoms with van der Waals surface area (Å²) in [6, 6.07) is 3.87. The van der Waals surface area contributed by atoms with E-state index in [0.717, 1.165) is 45.0 Å². The summed E-state index contributed by atoms with van der Waals surface area (Å²) in [4.78, 5) is 10.8. The van der Waals surface area contributed by atoms with Crippen LogP contribution in [0.2, 0.25) is 0 Å². The van der Waals surface area contributed by atoms with Crippen molar-refractivity contribution >= 4 is 43.2 Å². The van der Waals surface area contributed by atoms with Crippen LogP contribution in [0.4, 0.5) is 10.3 Å². The monoisotopic (exact) mass is 361 g/mol. The highest BCUT2D eigenvalue weighted by molar-refractivity contribution is 7.22. The van der Waals surface area contributed by atoms with Crippen LogP contribution in [0.15, 0.2) is 12.1 Å². The van der Waals surface area contributed by atoms with Gasteiger partial charge in [-0.05, 0) is 25.2 Å². The average Bonchev–Trinajstić information content (AvgIpc) is 3.15. The maximum Gasteiger partial charge on any atom is 0.190 e. The first-order chi connectivity index (χ1) is 11.7. The van der Waals surface area contributed by atoms with Crippen molar-refractivity contribution in [2.45, 2.75) is 26.2 Å². The molecule has 0 aliphatic heterocycles. The van der Waals surface area contributed by atoms with Crippen LogP contribution in [-0.4, -0.2) is 24.2 Å². The number of hydrogen-bond acceptors (Lipinski definition) is 7. The molecule has 0 saturated carbocycles. The molecule has 24 heavy (non-hydrogen) atoms. The zero-order valence-corrected chi connectivity index (χ0v) is 15.5. The zero-order valence-electron chi connectivity index (χ0n) is 13.9. The number of aryl methyl sites for hydroxylation is 1. The van der Waals surface area contributed by atoms with E-state index in [2.05, 4.69) is 17.2 Å². The Morgan fingerprint density at radius 2 is 1.83 bits per heavy atom. The van der Waals surface area contributed by atoms with Gasteiger partial charge in [0.2, 0.25) is 0 Å². The van der Waals surface area contributed by atoms with Gasteiger partial charge in [0.05, 0.1) is 30.1 Å². The van der Waals surface area contributed by atoms with Crippen LogP contribution in [0.1, 0.15) is 23.9 Å². The maximum atomic E-state index is 5.36. The number of methoxy groups -OCH3 is 2. The van der Waals surface area contributed by atoms with E-state index in [9.17, 15) is 0 Å². The molecule has 2 aromatic heterocycles. The summed E-state index contributed by atoms with van der Waals surface area (Å²) in [6.07, 6.45) is 3.46. The molecule has 0 spiro atoms. The second-order valence-electron chi connectivity index (χ2n) is 6.06. The Balaban J connectivity index is 1.63. The third kappa shape index (κ3) is 2.82. The fourth-order valence-corrected chi connectivity index (χ4v) is 5.10. The quantitative estimate of drug-likeness (QED) is 0.734. The third-order valence-corrected chi connectivity index (χ3v) is 6.26. The zero-order chi connectivity index (χ0) is 16.7. The molecule has 7 heteroatoms. The fraction of sp³-hybridized carbons (Fsp3) is 0.412. The van der Waals surface area contributed by atoms with Gasteiger partial charge in [0.15, 0.2) is 21.8 Å². The normalized spacial score (nSPS) is 16.9. The minimum Gasteiger partial charge on any atom is -0.493 e. The van der Waals surface area contributed by atoms with Gasteiger partial charge >= 0.3 is 0 Å². The van der Waals surface area contributed by atoms with E-state index in [-0.39, 0.29) is 0 Å². The molecule has 1 N–H and O–H groups in total. The molecule has 0 bridgehead atoms. The summed E-state index contributed by atoms with van der Waals surface area (Å²) in [5, 5.41) is 5.16. The Bertz CT molecular complexity index is 846. The van der Waals surface area contributed by atoms with Crippen LogP contribution in [0.3, 0.4) is 0 Å². The van der Waals surface area contributed by atoms with Gasteiger partial charge in [0.25, 0.3) is 0 Å². The number of hydrogen-bond donors (Lipinski definition) is 1. The summed E-state index contributed by atoms with van der Waals surface area (Å²) >= 11 is 3.35. The van der Waals surface area contributed by atoms with Crippen LogP contribution < -0.4 is 14.8 Å². The van der Waals surface area contributed by atoms with E-state index in [1.54, 1.807) is 36.9 Å². The number of fused-ring (bicyclic) bond motifs is 2. The van der Waals surface area contributed by atoms with Crippen molar-refractivity contribution in [1.82, 2.24) is 9.97 Å². The number of aromatic nitrogens is 2. The van der Waals surface area contributed by atoms with E-state index in [4.69, 9.17) is 14.5 Å². The Morgan fingerprint density at radius 1 is 1.08 bits per heavy atom. The fourth-order valence-electron chi connectivity index (χ4n) is 2.99. The van der Waals surface area contributed by atoms with Crippen molar-refractivity contribution in [1.29, 1.82) is 0 Å². The lowest BCUT2D eigenvalue weighted by atomic mass is 9.93. The molecule has 126 valence electrons. The van der Waals surface area contributed by atoms with Crippen molar-refractivity contribution in [3.05, 3.63) is 22.7 Å². The average molecular weight is 361 g/mol. The SMILES string of the molecule is COc1cc2nc(Nc3nc4c(s3)C[C@H](C)CC4)sc2cc1OC. The highest BCUT2D eigenvalue weighted by Gasteiger charge is 2.20. The lowest BCUT2D eigenvalue weighted by Gasteiger charge is -2.15. The van der Waals surface area contributed by atoms with Gasteiger partial charge in [-0.2, -0.15) is 0 Å². The van der Waals surface area contributed by atoms with E-state index in [1.165, 1.54) is 17.0 Å². The first-order valence-corrected chi connectivity index (χ1v) is 9.57. The van der Waals surface area contributed by atoms with E-state index >= 15 is 0 Å². The number of thiazole rings is 2. The van der Waals surface area contributed by atoms with Crippen molar-refractivity contribution in [2.75, 3.05) is 19.5 Å². The van der Waals surface area contributed by atoms with Crippen LogP contribution in [-0.2, 0) is 12.8 Å². The van der Waals surface area contributed by atoms with Crippen molar-refractivity contribution in [3.63, 3.8) is 0 Å². The third-order valence-electron chi connectivity index (χ3n) is 4.29. The predicted molar refractivity (Wildman–Crippen MR) is 99.3 cm³/mol. The van der Waals surface area contributed by atoms with E-state index in [1.807, 2.05) is 12.1 Å². The highest BCUT2D eigenvalue weighted by Crippen LogP contribution is 2.38. The van der Waals surface area contributed by atoms with Crippen LogP contribution in [0, 0.1) is 5.92 Å². The molecule has 2 heterocycles. The molecule has 0 unspecified atom stereocenters. The Hall–Kier alpha value is -1.86. The maximum absolute atomic E-state index is 5.36. The smallest absolute Gasteiger partial charge is 0.190 e. The van der Waals surface area contributed by atoms with Gasteiger partial charge in [0.1, 0.15) is 0 Å². The summed E-state index contributed by atoms with van der Waals surface area (Å²) in [6.45, 7) is 2.31. The van der Waals surface area contributed by atoms with Gasteiger partial charge in [-0.25, -0.2) is 9.97 Å². The molecule has 0 radical (unpaired) electrons. The number of benzene rings is 1. The number of rotatable bonds is 4. The van der Waals surface area contributed by atoms with Crippen molar-refractivity contribution in [2.24, 2.45) is 5.92 Å². The van der Waals surface area contributed by atoms with Crippen LogP contribution >= 0.6 is 22.7 Å². The summed E-state index contributed by atoms with van der Waals surface area (Å²) in [7, 11) is 3.28. The van der Waals surface area contributed by atoms with Gasteiger partial charge in [-0.1, -0.05) is 18.3 Å². The van der Waals surface area contributed by atoms with Crippen LogP contribution in [0.25, 0.3) is 10.2 Å². The number of nitrogens with zero attached hydrogens (tertiary/aromatic N) is 2. The Kier molecular flexibility index (Phi) is 4.05. The van der Waals surface area contributed by atoms with Gasteiger partial charge in [0, 0.05) is 17.0 Å². The molecule has 1 aliphatic rings. The minimum atomic E-state index is 0.695. The van der Waals surface area contributed by atoms with Gasteiger partial charge in [-0.3, -0.25) is 0 Å². The topological polar surface area (TPSA) is 56.3 Å². The Labute approximate surface area is 148 Å². The molecule has 0 fully saturated rings. The number of anilines is 2. The van der Waals surface area contributed by atoms with Crippen LogP contribution in [0.5, 0.6) is 11.5 Å². The number of nitrogens with one attached hydrogen (secondary N) is 1. The molecule has 3 aromatic rings. The highest BCUT2D eigenvalue weighted by atomic mass is 32.1.